The summed E-state index contributed by atoms with van der Waals surface area (Å²) in [5.41, 5.74) is 1.60. The van der Waals surface area contributed by atoms with E-state index in [1.807, 2.05) is 25.1 Å². The van der Waals surface area contributed by atoms with E-state index in [0.29, 0.717) is 0 Å². The molecule has 1 aromatic carbocycles. The fourth-order valence-electron chi connectivity index (χ4n) is 2.26. The highest BCUT2D eigenvalue weighted by molar-refractivity contribution is 5.27. The van der Waals surface area contributed by atoms with Crippen LogP contribution in [0.1, 0.15) is 49.8 Å². The summed E-state index contributed by atoms with van der Waals surface area (Å²) >= 11 is 0. The molecule has 0 amide bonds. The molecule has 1 fully saturated rings. The Bertz CT molecular complexity index is 371. The molecule has 1 N–H and O–H groups in total. The van der Waals surface area contributed by atoms with Crippen LogP contribution < -0.4 is 5.32 Å². The molecule has 0 saturated heterocycles. The van der Waals surface area contributed by atoms with Crippen molar-refractivity contribution in [2.45, 2.75) is 45.6 Å². The van der Waals surface area contributed by atoms with Crippen LogP contribution in [0.2, 0.25) is 0 Å². The van der Waals surface area contributed by atoms with Gasteiger partial charge in [-0.25, -0.2) is 4.39 Å². The molecule has 0 aliphatic heterocycles. The van der Waals surface area contributed by atoms with E-state index < -0.39 is 0 Å². The van der Waals surface area contributed by atoms with Gasteiger partial charge in [0, 0.05) is 11.6 Å². The number of hydrogen-bond acceptors (Lipinski definition) is 1. The van der Waals surface area contributed by atoms with Crippen molar-refractivity contribution < 1.29 is 4.39 Å². The van der Waals surface area contributed by atoms with Gasteiger partial charge in [-0.05, 0) is 37.8 Å². The Kier molecular flexibility index (Phi) is 4.16. The molecule has 1 nitrogen and oxygen atoms in total. The zero-order valence-corrected chi connectivity index (χ0v) is 10.8. The maximum absolute atomic E-state index is 14.1. The van der Waals surface area contributed by atoms with Gasteiger partial charge in [0.2, 0.25) is 0 Å². The zero-order chi connectivity index (χ0) is 12.3. The van der Waals surface area contributed by atoms with Gasteiger partial charge in [-0.2, -0.15) is 0 Å². The number of halogens is 1. The number of hydrogen-bond donors (Lipinski definition) is 1. The van der Waals surface area contributed by atoms with Crippen LogP contribution in [-0.2, 0) is 0 Å². The van der Waals surface area contributed by atoms with Crippen LogP contribution in [0.4, 0.5) is 4.39 Å². The van der Waals surface area contributed by atoms with Crippen LogP contribution in [-0.4, -0.2) is 6.54 Å². The summed E-state index contributed by atoms with van der Waals surface area (Å²) in [7, 11) is 0. The highest BCUT2D eigenvalue weighted by Gasteiger charge is 2.27. The fraction of sp³-hybridized carbons (Fsp3) is 0.600. The third kappa shape index (κ3) is 3.29. The van der Waals surface area contributed by atoms with Gasteiger partial charge in [0.1, 0.15) is 5.82 Å². The molecule has 94 valence electrons. The summed E-state index contributed by atoms with van der Waals surface area (Å²) in [5, 5.41) is 3.49. The first-order valence-electron chi connectivity index (χ1n) is 6.70. The summed E-state index contributed by atoms with van der Waals surface area (Å²) in [6.07, 6.45) is 4.81. The normalized spacial score (nSPS) is 17.1. The van der Waals surface area contributed by atoms with Crippen molar-refractivity contribution in [2.75, 3.05) is 6.54 Å². The lowest BCUT2D eigenvalue weighted by molar-refractivity contribution is 0.452. The van der Waals surface area contributed by atoms with Crippen LogP contribution >= 0.6 is 0 Å². The van der Waals surface area contributed by atoms with E-state index >= 15 is 0 Å². The summed E-state index contributed by atoms with van der Waals surface area (Å²) in [4.78, 5) is 0. The Morgan fingerprint density at radius 2 is 2.18 bits per heavy atom. The largest absolute Gasteiger partial charge is 0.310 e. The second-order valence-electron chi connectivity index (χ2n) is 5.16. The quantitative estimate of drug-likeness (QED) is 0.786. The molecule has 1 aromatic rings. The van der Waals surface area contributed by atoms with Crippen molar-refractivity contribution in [1.82, 2.24) is 5.32 Å². The average molecular weight is 235 g/mol. The molecule has 0 bridgehead atoms. The maximum Gasteiger partial charge on any atom is 0.130 e. The van der Waals surface area contributed by atoms with Crippen LogP contribution in [0.15, 0.2) is 18.2 Å². The first kappa shape index (κ1) is 12.6. The Morgan fingerprint density at radius 3 is 2.82 bits per heavy atom. The predicted molar refractivity (Wildman–Crippen MR) is 69.5 cm³/mol. The minimum absolute atomic E-state index is 0.0262. The summed E-state index contributed by atoms with van der Waals surface area (Å²) < 4.78 is 14.1. The first-order chi connectivity index (χ1) is 8.22. The van der Waals surface area contributed by atoms with E-state index in [1.54, 1.807) is 0 Å². The Balaban J connectivity index is 2.14. The third-order valence-corrected chi connectivity index (χ3v) is 3.50. The molecule has 1 unspecified atom stereocenters. The van der Waals surface area contributed by atoms with Crippen molar-refractivity contribution in [2.24, 2.45) is 5.92 Å². The number of rotatable bonds is 6. The Hall–Kier alpha value is -0.890. The number of nitrogens with one attached hydrogen (secondary N) is 1. The van der Waals surface area contributed by atoms with Gasteiger partial charge in [0.15, 0.2) is 0 Å². The lowest BCUT2D eigenvalue weighted by Gasteiger charge is -2.20. The molecule has 0 radical (unpaired) electrons. The van der Waals surface area contributed by atoms with Gasteiger partial charge in [0.25, 0.3) is 0 Å². The van der Waals surface area contributed by atoms with Gasteiger partial charge < -0.3 is 5.32 Å². The van der Waals surface area contributed by atoms with Gasteiger partial charge in [-0.1, -0.05) is 38.0 Å². The predicted octanol–water partition coefficient (Wildman–Crippen LogP) is 3.97. The molecule has 0 heterocycles. The van der Waals surface area contributed by atoms with E-state index in [-0.39, 0.29) is 11.9 Å². The molecule has 17 heavy (non-hydrogen) atoms. The van der Waals surface area contributed by atoms with Crippen LogP contribution in [0.25, 0.3) is 0 Å². The van der Waals surface area contributed by atoms with Gasteiger partial charge in [-0.3, -0.25) is 0 Å². The molecular weight excluding hydrogens is 213 g/mol. The second-order valence-corrected chi connectivity index (χ2v) is 5.16. The van der Waals surface area contributed by atoms with Crippen LogP contribution in [0, 0.1) is 18.7 Å². The second kappa shape index (κ2) is 5.63. The van der Waals surface area contributed by atoms with E-state index in [1.165, 1.54) is 12.8 Å². The average Bonchev–Trinajstić information content (AvgIpc) is 3.12. The number of benzene rings is 1. The Morgan fingerprint density at radius 1 is 1.41 bits per heavy atom. The number of aryl methyl sites for hydroxylation is 1. The summed E-state index contributed by atoms with van der Waals surface area (Å²) in [6.45, 7) is 4.95. The summed E-state index contributed by atoms with van der Waals surface area (Å²) in [6, 6.07) is 5.92. The summed E-state index contributed by atoms with van der Waals surface area (Å²) in [5.74, 6) is 0.783. The van der Waals surface area contributed by atoms with Crippen molar-refractivity contribution in [3.63, 3.8) is 0 Å². The minimum atomic E-state index is -0.0262. The topological polar surface area (TPSA) is 12.0 Å². The first-order valence-corrected chi connectivity index (χ1v) is 6.70. The lowest BCUT2D eigenvalue weighted by Crippen LogP contribution is -2.23. The molecule has 0 spiro atoms. The molecular formula is C15H22FN. The van der Waals surface area contributed by atoms with Gasteiger partial charge in [0.05, 0.1) is 0 Å². The fourth-order valence-corrected chi connectivity index (χ4v) is 2.26. The molecule has 1 aliphatic carbocycles. The highest BCUT2D eigenvalue weighted by Crippen LogP contribution is 2.38. The molecule has 1 atom stereocenters. The van der Waals surface area contributed by atoms with E-state index in [9.17, 15) is 4.39 Å². The lowest BCUT2D eigenvalue weighted by atomic mass is 9.98. The van der Waals surface area contributed by atoms with Gasteiger partial charge >= 0.3 is 0 Å². The standard InChI is InChI=1S/C15H22FN/c1-3-9-17-14(10-12-7-8-12)13-6-4-5-11(2)15(13)16/h4-6,12,14,17H,3,7-10H2,1-2H3. The molecule has 2 heteroatoms. The van der Waals surface area contributed by atoms with Crippen molar-refractivity contribution in [1.29, 1.82) is 0 Å². The van der Waals surface area contributed by atoms with Crippen LogP contribution in [0.5, 0.6) is 0 Å². The minimum Gasteiger partial charge on any atom is -0.310 e. The van der Waals surface area contributed by atoms with Crippen molar-refractivity contribution in [3.8, 4) is 0 Å². The maximum atomic E-state index is 14.1. The van der Waals surface area contributed by atoms with E-state index in [4.69, 9.17) is 0 Å². The smallest absolute Gasteiger partial charge is 0.130 e. The molecule has 0 aromatic heterocycles. The van der Waals surface area contributed by atoms with Crippen molar-refractivity contribution in [3.05, 3.63) is 35.1 Å². The van der Waals surface area contributed by atoms with E-state index in [2.05, 4.69) is 12.2 Å². The van der Waals surface area contributed by atoms with Gasteiger partial charge in [-0.15, -0.1) is 0 Å². The van der Waals surface area contributed by atoms with Crippen molar-refractivity contribution >= 4 is 0 Å². The molecule has 2 rings (SSSR count). The molecule has 1 saturated carbocycles. The Labute approximate surface area is 103 Å². The SMILES string of the molecule is CCCNC(CC1CC1)c1cccc(C)c1F. The van der Waals surface area contributed by atoms with Crippen LogP contribution in [0.3, 0.4) is 0 Å². The zero-order valence-electron chi connectivity index (χ0n) is 10.8. The monoisotopic (exact) mass is 235 g/mol. The molecule has 1 aliphatic rings. The highest BCUT2D eigenvalue weighted by atomic mass is 19.1. The van der Waals surface area contributed by atoms with E-state index in [0.717, 1.165) is 36.4 Å². The third-order valence-electron chi connectivity index (χ3n) is 3.50.